The van der Waals surface area contributed by atoms with Crippen molar-refractivity contribution in [3.63, 3.8) is 0 Å². The van der Waals surface area contributed by atoms with Gasteiger partial charge in [0.05, 0.1) is 19.4 Å². The number of aliphatic hydroxyl groups excluding tert-OH is 1. The van der Waals surface area contributed by atoms with Crippen LogP contribution in [0, 0.1) is 0 Å². The maximum atomic E-state index is 11.9. The van der Waals surface area contributed by atoms with Crippen LogP contribution in [0.3, 0.4) is 0 Å². The van der Waals surface area contributed by atoms with E-state index in [9.17, 15) is 14.7 Å². The van der Waals surface area contributed by atoms with Crippen LogP contribution < -0.4 is 15.6 Å². The molecule has 0 saturated heterocycles. The summed E-state index contributed by atoms with van der Waals surface area (Å²) in [6.45, 7) is 2.13. The van der Waals surface area contributed by atoms with Crippen molar-refractivity contribution in [1.82, 2.24) is 9.97 Å². The Hall–Kier alpha value is -2.67. The second-order valence-corrected chi connectivity index (χ2v) is 4.16. The molecular formula is C14H15N3O4. The molecule has 2 aromatic rings. The number of benzene rings is 1. The van der Waals surface area contributed by atoms with Crippen LogP contribution in [-0.4, -0.2) is 27.6 Å². The zero-order valence-corrected chi connectivity index (χ0v) is 11.4. The van der Waals surface area contributed by atoms with E-state index >= 15 is 0 Å². The van der Waals surface area contributed by atoms with Gasteiger partial charge in [0, 0.05) is 17.4 Å². The minimum absolute atomic E-state index is 0.0917. The monoisotopic (exact) mass is 289 g/mol. The van der Waals surface area contributed by atoms with E-state index in [0.717, 1.165) is 6.20 Å². The fourth-order valence-electron chi connectivity index (χ4n) is 1.74. The molecule has 1 aromatic carbocycles. The van der Waals surface area contributed by atoms with E-state index in [2.05, 4.69) is 15.3 Å². The number of aromatic nitrogens is 2. The number of rotatable bonds is 5. The lowest BCUT2D eigenvalue weighted by Crippen LogP contribution is -2.17. The number of nitrogens with zero attached hydrogens (tertiary/aromatic N) is 1. The molecule has 7 heteroatoms. The van der Waals surface area contributed by atoms with Gasteiger partial charge in [0.1, 0.15) is 11.4 Å². The molecule has 0 aliphatic carbocycles. The van der Waals surface area contributed by atoms with Gasteiger partial charge in [-0.25, -0.2) is 4.98 Å². The Bertz CT molecular complexity index is 676. The lowest BCUT2D eigenvalue weighted by Gasteiger charge is -2.11. The fraction of sp³-hybridized carbons (Fsp3) is 0.214. The Kier molecular flexibility index (Phi) is 4.68. The Labute approximate surface area is 120 Å². The number of anilines is 1. The third-order valence-electron chi connectivity index (χ3n) is 2.69. The van der Waals surface area contributed by atoms with Crippen molar-refractivity contribution >= 4 is 11.6 Å². The van der Waals surface area contributed by atoms with Gasteiger partial charge in [-0.05, 0) is 25.1 Å². The molecule has 0 spiro atoms. The summed E-state index contributed by atoms with van der Waals surface area (Å²) in [6, 6.07) is 4.95. The van der Waals surface area contributed by atoms with Crippen molar-refractivity contribution in [3.8, 4) is 5.75 Å². The highest BCUT2D eigenvalue weighted by atomic mass is 16.5. The van der Waals surface area contributed by atoms with Crippen molar-refractivity contribution < 1.29 is 14.6 Å². The number of amides is 1. The van der Waals surface area contributed by atoms with Crippen molar-refractivity contribution in [2.24, 2.45) is 0 Å². The number of aromatic amines is 1. The van der Waals surface area contributed by atoms with E-state index < -0.39 is 5.91 Å². The first-order valence-corrected chi connectivity index (χ1v) is 6.36. The first kappa shape index (κ1) is 14.7. The first-order chi connectivity index (χ1) is 10.1. The highest BCUT2D eigenvalue weighted by Gasteiger charge is 2.10. The molecule has 1 heterocycles. The predicted molar refractivity (Wildman–Crippen MR) is 76.3 cm³/mol. The SMILES string of the molecule is CCOc1ccc(NC(=O)c2c[nH]c(=O)cn2)cc1CO. The van der Waals surface area contributed by atoms with Crippen molar-refractivity contribution in [3.05, 3.63) is 52.2 Å². The lowest BCUT2D eigenvalue weighted by atomic mass is 10.2. The van der Waals surface area contributed by atoms with Gasteiger partial charge in [0.15, 0.2) is 0 Å². The Morgan fingerprint density at radius 1 is 1.48 bits per heavy atom. The first-order valence-electron chi connectivity index (χ1n) is 6.36. The van der Waals surface area contributed by atoms with Crippen LogP contribution >= 0.6 is 0 Å². The van der Waals surface area contributed by atoms with Crippen molar-refractivity contribution in [1.29, 1.82) is 0 Å². The quantitative estimate of drug-likeness (QED) is 0.759. The van der Waals surface area contributed by atoms with E-state index in [0.29, 0.717) is 23.6 Å². The largest absolute Gasteiger partial charge is 0.494 e. The van der Waals surface area contributed by atoms with Crippen molar-refractivity contribution in [2.75, 3.05) is 11.9 Å². The number of hydrogen-bond donors (Lipinski definition) is 3. The summed E-state index contributed by atoms with van der Waals surface area (Å²) < 4.78 is 5.36. The number of H-pyrrole nitrogens is 1. The van der Waals surface area contributed by atoms with Gasteiger partial charge in [-0.3, -0.25) is 9.59 Å². The summed E-state index contributed by atoms with van der Waals surface area (Å²) in [5.74, 6) is 0.111. The average Bonchev–Trinajstić information content (AvgIpc) is 2.49. The summed E-state index contributed by atoms with van der Waals surface area (Å²) in [7, 11) is 0. The van der Waals surface area contributed by atoms with Crippen molar-refractivity contribution in [2.45, 2.75) is 13.5 Å². The van der Waals surface area contributed by atoms with Gasteiger partial charge in [0.2, 0.25) is 0 Å². The molecule has 0 saturated carbocycles. The molecule has 110 valence electrons. The number of aliphatic hydroxyl groups is 1. The highest BCUT2D eigenvalue weighted by molar-refractivity contribution is 6.02. The van der Waals surface area contributed by atoms with Crippen LogP contribution in [0.15, 0.2) is 35.4 Å². The number of carbonyl (C=O) groups is 1. The number of ether oxygens (including phenoxy) is 1. The molecule has 0 aliphatic heterocycles. The van der Waals surface area contributed by atoms with E-state index in [1.54, 1.807) is 18.2 Å². The van der Waals surface area contributed by atoms with Gasteiger partial charge >= 0.3 is 0 Å². The van der Waals surface area contributed by atoms with E-state index in [1.165, 1.54) is 6.20 Å². The van der Waals surface area contributed by atoms with Crippen LogP contribution in [0.25, 0.3) is 0 Å². The standard InChI is InChI=1S/C14H15N3O4/c1-2-21-12-4-3-10(5-9(12)8-18)17-14(20)11-6-16-13(19)7-15-11/h3-7,18H,2,8H2,1H3,(H,16,19)(H,17,20). The predicted octanol–water partition coefficient (Wildman–Crippen LogP) is 0.913. The normalized spacial score (nSPS) is 10.2. The number of nitrogens with one attached hydrogen (secondary N) is 2. The maximum absolute atomic E-state index is 11.9. The molecule has 7 nitrogen and oxygen atoms in total. The van der Waals surface area contributed by atoms with Gasteiger partial charge in [-0.15, -0.1) is 0 Å². The Morgan fingerprint density at radius 2 is 2.29 bits per heavy atom. The van der Waals surface area contributed by atoms with Gasteiger partial charge in [-0.1, -0.05) is 0 Å². The molecule has 0 atom stereocenters. The summed E-state index contributed by atoms with van der Waals surface area (Å²) >= 11 is 0. The molecule has 0 bridgehead atoms. The van der Waals surface area contributed by atoms with E-state index in [-0.39, 0.29) is 17.9 Å². The van der Waals surface area contributed by atoms with Crippen LogP contribution in [0.5, 0.6) is 5.75 Å². The second-order valence-electron chi connectivity index (χ2n) is 4.16. The summed E-state index contributed by atoms with van der Waals surface area (Å²) in [5, 5.41) is 11.9. The number of carbonyl (C=O) groups excluding carboxylic acids is 1. The molecular weight excluding hydrogens is 274 g/mol. The lowest BCUT2D eigenvalue weighted by molar-refractivity contribution is 0.102. The molecule has 0 aliphatic rings. The van der Waals surface area contributed by atoms with Gasteiger partial charge in [0.25, 0.3) is 11.5 Å². The minimum Gasteiger partial charge on any atom is -0.494 e. The summed E-state index contributed by atoms with van der Waals surface area (Å²) in [5.41, 5.74) is 0.786. The molecule has 0 unspecified atom stereocenters. The van der Waals surface area contributed by atoms with Crippen LogP contribution in [0.4, 0.5) is 5.69 Å². The van der Waals surface area contributed by atoms with Crippen LogP contribution in [0.1, 0.15) is 23.0 Å². The molecule has 0 radical (unpaired) electrons. The summed E-state index contributed by atoms with van der Waals surface area (Å²) in [6.07, 6.45) is 2.27. The third-order valence-corrected chi connectivity index (χ3v) is 2.69. The fourth-order valence-corrected chi connectivity index (χ4v) is 1.74. The Morgan fingerprint density at radius 3 is 2.90 bits per heavy atom. The average molecular weight is 289 g/mol. The highest BCUT2D eigenvalue weighted by Crippen LogP contribution is 2.23. The van der Waals surface area contributed by atoms with Crippen LogP contribution in [-0.2, 0) is 6.61 Å². The minimum atomic E-state index is -0.459. The smallest absolute Gasteiger partial charge is 0.275 e. The zero-order chi connectivity index (χ0) is 15.2. The molecule has 1 amide bonds. The molecule has 0 fully saturated rings. The summed E-state index contributed by atoms with van der Waals surface area (Å²) in [4.78, 5) is 29.0. The van der Waals surface area contributed by atoms with Crippen LogP contribution in [0.2, 0.25) is 0 Å². The Balaban J connectivity index is 2.17. The van der Waals surface area contributed by atoms with Gasteiger partial charge < -0.3 is 20.1 Å². The third kappa shape index (κ3) is 3.67. The van der Waals surface area contributed by atoms with E-state index in [1.807, 2.05) is 6.92 Å². The maximum Gasteiger partial charge on any atom is 0.275 e. The molecule has 3 N–H and O–H groups in total. The number of hydrogen-bond acceptors (Lipinski definition) is 5. The molecule has 2 rings (SSSR count). The van der Waals surface area contributed by atoms with E-state index in [4.69, 9.17) is 4.74 Å². The second kappa shape index (κ2) is 6.67. The molecule has 21 heavy (non-hydrogen) atoms. The zero-order valence-electron chi connectivity index (χ0n) is 11.4. The van der Waals surface area contributed by atoms with Gasteiger partial charge in [-0.2, -0.15) is 0 Å². The molecule has 1 aromatic heterocycles. The topological polar surface area (TPSA) is 104 Å².